The lowest BCUT2D eigenvalue weighted by molar-refractivity contribution is 0.127. The zero-order chi connectivity index (χ0) is 17.9. The van der Waals surface area contributed by atoms with E-state index in [1.807, 2.05) is 0 Å². The Morgan fingerprint density at radius 2 is 1.77 bits per heavy atom. The predicted octanol–water partition coefficient (Wildman–Crippen LogP) is 2.76. The van der Waals surface area contributed by atoms with Crippen LogP contribution < -0.4 is 11.1 Å². The van der Waals surface area contributed by atoms with Crippen LogP contribution >= 0.6 is 24.0 Å². The first-order valence-electron chi connectivity index (χ1n) is 9.66. The average Bonchev–Trinajstić information content (AvgIpc) is 2.61. The first-order valence-corrected chi connectivity index (χ1v) is 9.66. The summed E-state index contributed by atoms with van der Waals surface area (Å²) in [7, 11) is 0. The molecule has 3 N–H and O–H groups in total. The molecule has 0 saturated carbocycles. The first kappa shape index (κ1) is 23.2. The van der Waals surface area contributed by atoms with Crippen molar-refractivity contribution >= 4 is 29.9 Å². The number of hydrogen-bond donors (Lipinski definition) is 2. The monoisotopic (exact) mass is 473 g/mol. The number of nitrogens with zero attached hydrogens (tertiary/aromatic N) is 3. The van der Waals surface area contributed by atoms with Crippen LogP contribution in [0.4, 0.5) is 0 Å². The van der Waals surface area contributed by atoms with Crippen LogP contribution in [0.3, 0.4) is 0 Å². The van der Waals surface area contributed by atoms with Crippen molar-refractivity contribution in [3.63, 3.8) is 0 Å². The number of rotatable bonds is 9. The molecule has 0 bridgehead atoms. The lowest BCUT2D eigenvalue weighted by Crippen LogP contribution is -2.46. The summed E-state index contributed by atoms with van der Waals surface area (Å²) in [5.74, 6) is 1.29. The van der Waals surface area contributed by atoms with Gasteiger partial charge in [-0.05, 0) is 24.3 Å². The van der Waals surface area contributed by atoms with Crippen molar-refractivity contribution in [1.82, 2.24) is 15.1 Å². The van der Waals surface area contributed by atoms with Crippen LogP contribution in [0, 0.1) is 5.92 Å². The highest BCUT2D eigenvalue weighted by atomic mass is 127. The first-order chi connectivity index (χ1) is 12.1. The van der Waals surface area contributed by atoms with Gasteiger partial charge in [0.05, 0.1) is 0 Å². The summed E-state index contributed by atoms with van der Waals surface area (Å²) in [5.41, 5.74) is 7.30. The molecular formula is C20H36IN5. The van der Waals surface area contributed by atoms with Gasteiger partial charge in [0, 0.05) is 52.4 Å². The molecule has 148 valence electrons. The van der Waals surface area contributed by atoms with Crippen LogP contribution in [-0.2, 0) is 6.54 Å². The van der Waals surface area contributed by atoms with E-state index >= 15 is 0 Å². The molecule has 0 spiro atoms. The minimum absolute atomic E-state index is 0. The highest BCUT2D eigenvalue weighted by Crippen LogP contribution is 2.08. The molecule has 0 radical (unpaired) electrons. The van der Waals surface area contributed by atoms with Gasteiger partial charge in [0.2, 0.25) is 0 Å². The van der Waals surface area contributed by atoms with Gasteiger partial charge in [-0.15, -0.1) is 24.0 Å². The second-order valence-electron chi connectivity index (χ2n) is 7.33. The van der Waals surface area contributed by atoms with Gasteiger partial charge in [0.15, 0.2) is 5.96 Å². The average molecular weight is 473 g/mol. The van der Waals surface area contributed by atoms with Gasteiger partial charge < -0.3 is 16.0 Å². The quantitative estimate of drug-likeness (QED) is 0.251. The smallest absolute Gasteiger partial charge is 0.188 e. The van der Waals surface area contributed by atoms with Gasteiger partial charge in [0.25, 0.3) is 0 Å². The molecule has 1 aliphatic heterocycles. The van der Waals surface area contributed by atoms with Gasteiger partial charge in [-0.2, -0.15) is 0 Å². The number of guanidine groups is 1. The largest absolute Gasteiger partial charge is 0.370 e. The number of nitrogens with two attached hydrogens (primary N) is 1. The Labute approximate surface area is 176 Å². The summed E-state index contributed by atoms with van der Waals surface area (Å²) in [6, 6.07) is 10.7. The molecule has 0 aromatic heterocycles. The fraction of sp³-hybridized carbons (Fsp3) is 0.650. The fourth-order valence-corrected chi connectivity index (χ4v) is 3.05. The predicted molar refractivity (Wildman–Crippen MR) is 122 cm³/mol. The van der Waals surface area contributed by atoms with E-state index in [9.17, 15) is 0 Å². The molecule has 1 aliphatic rings. The molecule has 1 saturated heterocycles. The molecule has 0 amide bonds. The Hall–Kier alpha value is -0.860. The number of nitrogens with one attached hydrogen (secondary N) is 1. The third kappa shape index (κ3) is 9.73. The Morgan fingerprint density at radius 1 is 1.12 bits per heavy atom. The van der Waals surface area contributed by atoms with Crippen LogP contribution in [0.25, 0.3) is 0 Å². The van der Waals surface area contributed by atoms with Gasteiger partial charge in [-0.3, -0.25) is 9.89 Å². The minimum Gasteiger partial charge on any atom is -0.370 e. The molecule has 0 atom stereocenters. The van der Waals surface area contributed by atoms with Crippen LogP contribution in [0.5, 0.6) is 0 Å². The molecule has 1 fully saturated rings. The van der Waals surface area contributed by atoms with Crippen molar-refractivity contribution in [2.75, 3.05) is 45.8 Å². The minimum atomic E-state index is 0. The zero-order valence-electron chi connectivity index (χ0n) is 16.4. The topological polar surface area (TPSA) is 56.9 Å². The van der Waals surface area contributed by atoms with Crippen molar-refractivity contribution in [3.8, 4) is 0 Å². The Balaban J connectivity index is 0.00000338. The van der Waals surface area contributed by atoms with Gasteiger partial charge in [-0.1, -0.05) is 44.2 Å². The number of halogens is 1. The van der Waals surface area contributed by atoms with E-state index in [1.165, 1.54) is 5.56 Å². The van der Waals surface area contributed by atoms with E-state index in [1.54, 1.807) is 0 Å². The van der Waals surface area contributed by atoms with Gasteiger partial charge in [0.1, 0.15) is 0 Å². The second kappa shape index (κ2) is 13.3. The van der Waals surface area contributed by atoms with Crippen molar-refractivity contribution in [1.29, 1.82) is 0 Å². The lowest BCUT2D eigenvalue weighted by Gasteiger charge is -2.34. The van der Waals surface area contributed by atoms with Crippen molar-refractivity contribution < 1.29 is 0 Å². The van der Waals surface area contributed by atoms with E-state index in [-0.39, 0.29) is 24.0 Å². The van der Waals surface area contributed by atoms with Crippen LogP contribution in [0.2, 0.25) is 0 Å². The molecule has 1 heterocycles. The summed E-state index contributed by atoms with van der Waals surface area (Å²) >= 11 is 0. The standard InChI is InChI=1S/C20H35N5.HI/c1-18(2)9-11-23-20(21)22-10-6-12-24-13-15-25(16-14-24)17-19-7-4-3-5-8-19;/h3-5,7-8,18H,6,9-17H2,1-2H3,(H3,21,22,23);1H. The van der Waals surface area contributed by atoms with E-state index in [0.29, 0.717) is 11.9 Å². The van der Waals surface area contributed by atoms with E-state index in [0.717, 1.165) is 65.2 Å². The number of aliphatic imine (C=N–C) groups is 1. The summed E-state index contributed by atoms with van der Waals surface area (Å²) < 4.78 is 0. The lowest BCUT2D eigenvalue weighted by atomic mass is 10.1. The summed E-state index contributed by atoms with van der Waals surface area (Å²) in [4.78, 5) is 9.51. The van der Waals surface area contributed by atoms with Crippen LogP contribution in [0.15, 0.2) is 35.3 Å². The van der Waals surface area contributed by atoms with Crippen LogP contribution in [-0.4, -0.2) is 61.6 Å². The Bertz CT molecular complexity index is 498. The SMILES string of the molecule is CC(C)CCNC(N)=NCCCN1CCN(Cc2ccccc2)CC1.I. The molecule has 0 unspecified atom stereocenters. The van der Waals surface area contributed by atoms with Crippen molar-refractivity contribution in [2.45, 2.75) is 33.2 Å². The highest BCUT2D eigenvalue weighted by molar-refractivity contribution is 14.0. The number of hydrogen-bond acceptors (Lipinski definition) is 3. The van der Waals surface area contributed by atoms with Gasteiger partial charge >= 0.3 is 0 Å². The molecule has 1 aromatic rings. The number of benzene rings is 1. The molecule has 6 heteroatoms. The Morgan fingerprint density at radius 3 is 2.42 bits per heavy atom. The fourth-order valence-electron chi connectivity index (χ4n) is 3.05. The summed E-state index contributed by atoms with van der Waals surface area (Å²) in [5, 5.41) is 3.19. The molecule has 5 nitrogen and oxygen atoms in total. The van der Waals surface area contributed by atoms with E-state index in [2.05, 4.69) is 64.3 Å². The third-order valence-corrected chi connectivity index (χ3v) is 4.66. The molecule has 2 rings (SSSR count). The van der Waals surface area contributed by atoms with Gasteiger partial charge in [-0.25, -0.2) is 0 Å². The second-order valence-corrected chi connectivity index (χ2v) is 7.33. The molecule has 0 aliphatic carbocycles. The summed E-state index contributed by atoms with van der Waals surface area (Å²) in [6.45, 7) is 12.9. The Kier molecular flexibility index (Phi) is 11.9. The maximum absolute atomic E-state index is 5.89. The maximum atomic E-state index is 5.89. The van der Waals surface area contributed by atoms with Crippen molar-refractivity contribution in [3.05, 3.63) is 35.9 Å². The zero-order valence-corrected chi connectivity index (χ0v) is 18.7. The highest BCUT2D eigenvalue weighted by Gasteiger charge is 2.16. The molecular weight excluding hydrogens is 437 g/mol. The van der Waals surface area contributed by atoms with E-state index in [4.69, 9.17) is 5.73 Å². The normalized spacial score (nSPS) is 16.5. The van der Waals surface area contributed by atoms with E-state index < -0.39 is 0 Å². The van der Waals surface area contributed by atoms with Crippen molar-refractivity contribution in [2.24, 2.45) is 16.6 Å². The molecule has 26 heavy (non-hydrogen) atoms. The third-order valence-electron chi connectivity index (χ3n) is 4.66. The van der Waals surface area contributed by atoms with Crippen LogP contribution in [0.1, 0.15) is 32.3 Å². The number of piperazine rings is 1. The molecule has 1 aromatic carbocycles. The summed E-state index contributed by atoms with van der Waals surface area (Å²) in [6.07, 6.45) is 2.20. The maximum Gasteiger partial charge on any atom is 0.188 e.